The lowest BCUT2D eigenvalue weighted by Crippen LogP contribution is -2.27. The van der Waals surface area contributed by atoms with Gasteiger partial charge >= 0.3 is 6.09 Å². The molecule has 0 aliphatic heterocycles. The number of benzene rings is 1. The minimum atomic E-state index is -0.530. The van der Waals surface area contributed by atoms with Crippen molar-refractivity contribution in [3.8, 4) is 11.5 Å². The SMILES string of the molecule is CCOc1ccc(NC(=O)OC(C)(C)C)cc1OCC. The van der Waals surface area contributed by atoms with E-state index >= 15 is 0 Å². The van der Waals surface area contributed by atoms with Crippen LogP contribution >= 0.6 is 0 Å². The molecule has 1 N–H and O–H groups in total. The second kappa shape index (κ2) is 7.03. The summed E-state index contributed by atoms with van der Waals surface area (Å²) in [5, 5.41) is 2.67. The Kier molecular flexibility index (Phi) is 5.67. The van der Waals surface area contributed by atoms with E-state index in [1.54, 1.807) is 18.2 Å². The number of ether oxygens (including phenoxy) is 3. The van der Waals surface area contributed by atoms with E-state index in [9.17, 15) is 4.79 Å². The molecule has 0 aliphatic rings. The first-order valence-electron chi connectivity index (χ1n) is 6.75. The van der Waals surface area contributed by atoms with Gasteiger partial charge in [-0.25, -0.2) is 4.79 Å². The van der Waals surface area contributed by atoms with Gasteiger partial charge in [0.15, 0.2) is 11.5 Å². The summed E-state index contributed by atoms with van der Waals surface area (Å²) >= 11 is 0. The molecule has 0 spiro atoms. The van der Waals surface area contributed by atoms with E-state index < -0.39 is 11.7 Å². The van der Waals surface area contributed by atoms with Gasteiger partial charge in [0.2, 0.25) is 0 Å². The van der Waals surface area contributed by atoms with E-state index in [4.69, 9.17) is 14.2 Å². The van der Waals surface area contributed by atoms with Crippen LogP contribution in [0.15, 0.2) is 18.2 Å². The minimum absolute atomic E-state index is 0.496. The van der Waals surface area contributed by atoms with Crippen molar-refractivity contribution in [1.82, 2.24) is 0 Å². The summed E-state index contributed by atoms with van der Waals surface area (Å²) in [6.45, 7) is 10.3. The van der Waals surface area contributed by atoms with Gasteiger partial charge in [-0.15, -0.1) is 0 Å². The van der Waals surface area contributed by atoms with Crippen molar-refractivity contribution < 1.29 is 19.0 Å². The van der Waals surface area contributed by atoms with Gasteiger partial charge in [0.05, 0.1) is 13.2 Å². The number of rotatable bonds is 5. The van der Waals surface area contributed by atoms with Gasteiger partial charge in [0.1, 0.15) is 5.60 Å². The summed E-state index contributed by atoms with van der Waals surface area (Å²) in [4.78, 5) is 11.7. The van der Waals surface area contributed by atoms with Crippen LogP contribution in [0.5, 0.6) is 11.5 Å². The lowest BCUT2D eigenvalue weighted by atomic mass is 10.2. The van der Waals surface area contributed by atoms with Crippen LogP contribution in [-0.2, 0) is 4.74 Å². The van der Waals surface area contributed by atoms with Gasteiger partial charge in [0, 0.05) is 11.8 Å². The number of amides is 1. The fourth-order valence-electron chi connectivity index (χ4n) is 1.55. The Balaban J connectivity index is 2.81. The molecule has 5 heteroatoms. The fraction of sp³-hybridized carbons (Fsp3) is 0.533. The maximum absolute atomic E-state index is 11.7. The number of hydrogen-bond donors (Lipinski definition) is 1. The van der Waals surface area contributed by atoms with Gasteiger partial charge in [-0.1, -0.05) is 0 Å². The number of anilines is 1. The van der Waals surface area contributed by atoms with Crippen molar-refractivity contribution in [3.63, 3.8) is 0 Å². The highest BCUT2D eigenvalue weighted by Crippen LogP contribution is 2.30. The van der Waals surface area contributed by atoms with E-state index in [-0.39, 0.29) is 0 Å². The fourth-order valence-corrected chi connectivity index (χ4v) is 1.55. The molecule has 1 aromatic rings. The molecule has 1 aromatic carbocycles. The Labute approximate surface area is 120 Å². The lowest BCUT2D eigenvalue weighted by molar-refractivity contribution is 0.0636. The van der Waals surface area contributed by atoms with Gasteiger partial charge in [-0.05, 0) is 46.8 Å². The molecule has 20 heavy (non-hydrogen) atoms. The zero-order chi connectivity index (χ0) is 15.2. The van der Waals surface area contributed by atoms with Crippen LogP contribution in [0.25, 0.3) is 0 Å². The normalized spacial score (nSPS) is 10.8. The Bertz CT molecular complexity index is 452. The topological polar surface area (TPSA) is 56.8 Å². The summed E-state index contributed by atoms with van der Waals surface area (Å²) < 4.78 is 16.2. The van der Waals surface area contributed by atoms with Crippen molar-refractivity contribution in [1.29, 1.82) is 0 Å². The van der Waals surface area contributed by atoms with E-state index in [1.165, 1.54) is 0 Å². The molecular formula is C15H23NO4. The highest BCUT2D eigenvalue weighted by Gasteiger charge is 2.16. The first kappa shape index (κ1) is 16.1. The quantitative estimate of drug-likeness (QED) is 0.891. The van der Waals surface area contributed by atoms with Crippen LogP contribution in [0.3, 0.4) is 0 Å². The average molecular weight is 281 g/mol. The van der Waals surface area contributed by atoms with E-state index in [2.05, 4.69) is 5.32 Å². The van der Waals surface area contributed by atoms with Crippen LogP contribution in [0.1, 0.15) is 34.6 Å². The largest absolute Gasteiger partial charge is 0.490 e. The highest BCUT2D eigenvalue weighted by molar-refractivity contribution is 5.85. The third-order valence-corrected chi connectivity index (χ3v) is 2.19. The molecule has 0 saturated carbocycles. The van der Waals surface area contributed by atoms with Crippen molar-refractivity contribution in [2.75, 3.05) is 18.5 Å². The molecule has 1 rings (SSSR count). The molecule has 0 bridgehead atoms. The van der Waals surface area contributed by atoms with E-state index in [1.807, 2.05) is 34.6 Å². The number of nitrogens with one attached hydrogen (secondary N) is 1. The van der Waals surface area contributed by atoms with Gasteiger partial charge in [-0.2, -0.15) is 0 Å². The molecule has 0 atom stereocenters. The van der Waals surface area contributed by atoms with Crippen LogP contribution in [-0.4, -0.2) is 24.9 Å². The first-order chi connectivity index (χ1) is 9.35. The predicted molar refractivity (Wildman–Crippen MR) is 78.6 cm³/mol. The van der Waals surface area contributed by atoms with Crippen LogP contribution < -0.4 is 14.8 Å². The maximum Gasteiger partial charge on any atom is 0.412 e. The molecule has 0 aromatic heterocycles. The second-order valence-corrected chi connectivity index (χ2v) is 5.15. The molecule has 0 radical (unpaired) electrons. The summed E-state index contributed by atoms with van der Waals surface area (Å²) in [5.74, 6) is 1.26. The monoisotopic (exact) mass is 281 g/mol. The summed E-state index contributed by atoms with van der Waals surface area (Å²) in [6, 6.07) is 5.23. The lowest BCUT2D eigenvalue weighted by Gasteiger charge is -2.20. The molecule has 0 unspecified atom stereocenters. The first-order valence-corrected chi connectivity index (χ1v) is 6.75. The molecule has 112 valence electrons. The number of carbonyl (C=O) groups is 1. The van der Waals surface area contributed by atoms with Crippen molar-refractivity contribution in [3.05, 3.63) is 18.2 Å². The van der Waals surface area contributed by atoms with Crippen LogP contribution in [0.2, 0.25) is 0 Å². The Morgan fingerprint density at radius 1 is 1.10 bits per heavy atom. The Morgan fingerprint density at radius 3 is 2.25 bits per heavy atom. The number of hydrogen-bond acceptors (Lipinski definition) is 4. The number of carbonyl (C=O) groups excluding carboxylic acids is 1. The molecule has 1 amide bonds. The highest BCUT2D eigenvalue weighted by atomic mass is 16.6. The summed E-state index contributed by atoms with van der Waals surface area (Å²) in [5.41, 5.74) is 0.0733. The zero-order valence-corrected chi connectivity index (χ0v) is 12.8. The third-order valence-electron chi connectivity index (χ3n) is 2.19. The standard InChI is InChI=1S/C15H23NO4/c1-6-18-12-9-8-11(10-13(12)19-7-2)16-14(17)20-15(3,4)5/h8-10H,6-7H2,1-5H3,(H,16,17). The summed E-state index contributed by atoms with van der Waals surface area (Å²) in [6.07, 6.45) is -0.496. The van der Waals surface area contributed by atoms with Gasteiger partial charge in [0.25, 0.3) is 0 Å². The second-order valence-electron chi connectivity index (χ2n) is 5.15. The molecule has 0 saturated heterocycles. The predicted octanol–water partition coefficient (Wildman–Crippen LogP) is 3.83. The summed E-state index contributed by atoms with van der Waals surface area (Å²) in [7, 11) is 0. The van der Waals surface area contributed by atoms with Gasteiger partial charge < -0.3 is 14.2 Å². The maximum atomic E-state index is 11.7. The average Bonchev–Trinajstić information content (AvgIpc) is 2.30. The molecular weight excluding hydrogens is 258 g/mol. The van der Waals surface area contributed by atoms with Gasteiger partial charge in [-0.3, -0.25) is 5.32 Å². The molecule has 0 aliphatic carbocycles. The Hall–Kier alpha value is -1.91. The minimum Gasteiger partial charge on any atom is -0.490 e. The van der Waals surface area contributed by atoms with E-state index in [0.29, 0.717) is 30.4 Å². The molecule has 5 nitrogen and oxygen atoms in total. The van der Waals surface area contributed by atoms with Crippen LogP contribution in [0, 0.1) is 0 Å². The van der Waals surface area contributed by atoms with Crippen LogP contribution in [0.4, 0.5) is 10.5 Å². The third kappa shape index (κ3) is 5.38. The molecule has 0 fully saturated rings. The van der Waals surface area contributed by atoms with Crippen molar-refractivity contribution in [2.45, 2.75) is 40.2 Å². The zero-order valence-electron chi connectivity index (χ0n) is 12.8. The smallest absolute Gasteiger partial charge is 0.412 e. The van der Waals surface area contributed by atoms with Crippen molar-refractivity contribution >= 4 is 11.8 Å². The Morgan fingerprint density at radius 2 is 1.70 bits per heavy atom. The van der Waals surface area contributed by atoms with E-state index in [0.717, 1.165) is 0 Å². The van der Waals surface area contributed by atoms with Crippen molar-refractivity contribution in [2.24, 2.45) is 0 Å². The molecule has 0 heterocycles.